The number of rotatable bonds is 3. The summed E-state index contributed by atoms with van der Waals surface area (Å²) in [6.45, 7) is 2.01. The summed E-state index contributed by atoms with van der Waals surface area (Å²) in [4.78, 5) is 26.8. The van der Waals surface area contributed by atoms with Crippen LogP contribution in [0.2, 0.25) is 0 Å². The van der Waals surface area contributed by atoms with Crippen molar-refractivity contribution in [2.45, 2.75) is 18.9 Å². The zero-order valence-corrected chi connectivity index (χ0v) is 15.6. The summed E-state index contributed by atoms with van der Waals surface area (Å²) < 4.78 is 1.74. The van der Waals surface area contributed by atoms with Crippen LogP contribution in [0.25, 0.3) is 27.8 Å². The number of hydrogen-bond donors (Lipinski definition) is 2. The second kappa shape index (κ2) is 6.72. The van der Waals surface area contributed by atoms with E-state index in [1.54, 1.807) is 10.6 Å². The average molecular weight is 375 g/mol. The van der Waals surface area contributed by atoms with Crippen molar-refractivity contribution in [3.63, 3.8) is 0 Å². The topological polar surface area (TPSA) is 91.2 Å². The number of nitrogens with one attached hydrogen (secondary N) is 2. The van der Waals surface area contributed by atoms with Crippen LogP contribution in [-0.4, -0.2) is 61.6 Å². The highest BCUT2D eigenvalue weighted by Crippen LogP contribution is 2.28. The number of amides is 1. The van der Waals surface area contributed by atoms with Crippen molar-refractivity contribution in [2.75, 3.05) is 20.1 Å². The Balaban J connectivity index is 1.40. The fourth-order valence-electron chi connectivity index (χ4n) is 3.76. The third kappa shape index (κ3) is 3.01. The number of carbonyl (C=O) groups is 1. The van der Waals surface area contributed by atoms with Gasteiger partial charge in [-0.1, -0.05) is 0 Å². The van der Waals surface area contributed by atoms with Crippen LogP contribution in [0.1, 0.15) is 23.3 Å². The molecule has 1 amide bonds. The molecule has 1 aliphatic heterocycles. The number of likely N-dealkylation sites (tertiary alicyclic amines) is 1. The molecule has 0 unspecified atom stereocenters. The maximum atomic E-state index is 12.6. The second-order valence-corrected chi connectivity index (χ2v) is 7.33. The first-order valence-corrected chi connectivity index (χ1v) is 9.45. The van der Waals surface area contributed by atoms with E-state index in [9.17, 15) is 4.79 Å². The Morgan fingerprint density at radius 1 is 1.21 bits per heavy atom. The summed E-state index contributed by atoms with van der Waals surface area (Å²) in [6, 6.07) is 7.89. The van der Waals surface area contributed by atoms with Crippen LogP contribution >= 0.6 is 0 Å². The Morgan fingerprint density at radius 3 is 2.93 bits per heavy atom. The van der Waals surface area contributed by atoms with E-state index < -0.39 is 0 Å². The Morgan fingerprint density at radius 2 is 2.07 bits per heavy atom. The molecule has 2 N–H and O–H groups in total. The molecule has 142 valence electrons. The summed E-state index contributed by atoms with van der Waals surface area (Å²) in [7, 11) is 2.11. The molecule has 0 saturated carbocycles. The van der Waals surface area contributed by atoms with Gasteiger partial charge in [-0.15, -0.1) is 0 Å². The third-order valence-corrected chi connectivity index (χ3v) is 5.41. The molecule has 0 aromatic carbocycles. The zero-order valence-electron chi connectivity index (χ0n) is 15.6. The third-order valence-electron chi connectivity index (χ3n) is 5.41. The van der Waals surface area contributed by atoms with Gasteiger partial charge in [0.2, 0.25) is 0 Å². The lowest BCUT2D eigenvalue weighted by Gasteiger charge is -2.29. The lowest BCUT2D eigenvalue weighted by atomic mass is 10.1. The number of piperidine rings is 1. The Kier molecular flexibility index (Phi) is 4.05. The molecular weight excluding hydrogens is 354 g/mol. The fraction of sp³-hybridized carbons (Fsp3) is 0.300. The molecule has 0 radical (unpaired) electrons. The Labute approximate surface area is 161 Å². The summed E-state index contributed by atoms with van der Waals surface area (Å²) >= 11 is 0. The molecule has 5 heterocycles. The standard InChI is InChI=1S/C20H21N7O/c1-26-8-6-14(7-9-26)24-20(28)17-4-3-15-16(10-21-19(15)25-17)13-2-5-18-22-12-23-27(18)11-13/h2-5,10-12,14H,6-9H2,1H3,(H,21,25)(H,24,28). The van der Waals surface area contributed by atoms with Crippen LogP contribution in [0.15, 0.2) is 43.0 Å². The van der Waals surface area contributed by atoms with Gasteiger partial charge in [0.25, 0.3) is 5.91 Å². The highest BCUT2D eigenvalue weighted by atomic mass is 16.1. The van der Waals surface area contributed by atoms with Crippen molar-refractivity contribution in [3.8, 4) is 11.1 Å². The van der Waals surface area contributed by atoms with Gasteiger partial charge in [-0.25, -0.2) is 14.5 Å². The molecular formula is C20H21N7O. The normalized spacial score (nSPS) is 16.0. The summed E-state index contributed by atoms with van der Waals surface area (Å²) in [6.07, 6.45) is 7.33. The predicted molar refractivity (Wildman–Crippen MR) is 106 cm³/mol. The summed E-state index contributed by atoms with van der Waals surface area (Å²) in [5, 5.41) is 8.27. The number of H-pyrrole nitrogens is 1. The van der Waals surface area contributed by atoms with Gasteiger partial charge >= 0.3 is 0 Å². The van der Waals surface area contributed by atoms with Crippen molar-refractivity contribution in [1.82, 2.24) is 34.8 Å². The molecule has 4 aromatic heterocycles. The van der Waals surface area contributed by atoms with Gasteiger partial charge in [0.15, 0.2) is 5.65 Å². The number of aromatic amines is 1. The van der Waals surface area contributed by atoms with Crippen molar-refractivity contribution in [2.24, 2.45) is 0 Å². The second-order valence-electron chi connectivity index (χ2n) is 7.33. The molecule has 0 atom stereocenters. The summed E-state index contributed by atoms with van der Waals surface area (Å²) in [5.41, 5.74) is 3.96. The number of hydrogen-bond acceptors (Lipinski definition) is 5. The van der Waals surface area contributed by atoms with Gasteiger partial charge in [-0.3, -0.25) is 4.79 Å². The maximum absolute atomic E-state index is 12.6. The maximum Gasteiger partial charge on any atom is 0.270 e. The monoisotopic (exact) mass is 375 g/mol. The van der Waals surface area contributed by atoms with Gasteiger partial charge in [0.05, 0.1) is 0 Å². The van der Waals surface area contributed by atoms with Crippen molar-refractivity contribution in [1.29, 1.82) is 0 Å². The van der Waals surface area contributed by atoms with Crippen molar-refractivity contribution in [3.05, 3.63) is 48.7 Å². The van der Waals surface area contributed by atoms with E-state index in [1.807, 2.05) is 30.6 Å². The zero-order chi connectivity index (χ0) is 19.1. The van der Waals surface area contributed by atoms with E-state index in [0.29, 0.717) is 11.3 Å². The van der Waals surface area contributed by atoms with Gasteiger partial charge in [-0.05, 0) is 57.2 Å². The molecule has 5 rings (SSSR count). The molecule has 28 heavy (non-hydrogen) atoms. The average Bonchev–Trinajstić information content (AvgIpc) is 3.35. The lowest BCUT2D eigenvalue weighted by molar-refractivity contribution is 0.0912. The minimum Gasteiger partial charge on any atom is -0.348 e. The Hall–Kier alpha value is -3.26. The Bertz CT molecular complexity index is 1150. The molecule has 4 aromatic rings. The molecule has 1 fully saturated rings. The molecule has 0 aliphatic carbocycles. The minimum atomic E-state index is -0.114. The number of aromatic nitrogens is 5. The van der Waals surface area contributed by atoms with Gasteiger partial charge in [0.1, 0.15) is 17.7 Å². The molecule has 1 aliphatic rings. The first-order chi connectivity index (χ1) is 13.7. The van der Waals surface area contributed by atoms with E-state index >= 15 is 0 Å². The van der Waals surface area contributed by atoms with Crippen molar-refractivity contribution < 1.29 is 4.79 Å². The quantitative estimate of drug-likeness (QED) is 0.572. The number of carbonyl (C=O) groups excluding carboxylic acids is 1. The van der Waals surface area contributed by atoms with E-state index in [0.717, 1.165) is 48.1 Å². The van der Waals surface area contributed by atoms with E-state index in [-0.39, 0.29) is 11.9 Å². The van der Waals surface area contributed by atoms with Gasteiger partial charge < -0.3 is 15.2 Å². The van der Waals surface area contributed by atoms with Crippen LogP contribution in [0.3, 0.4) is 0 Å². The molecule has 1 saturated heterocycles. The van der Waals surface area contributed by atoms with Crippen molar-refractivity contribution >= 4 is 22.6 Å². The fourth-order valence-corrected chi connectivity index (χ4v) is 3.76. The summed E-state index contributed by atoms with van der Waals surface area (Å²) in [5.74, 6) is -0.114. The highest BCUT2D eigenvalue weighted by Gasteiger charge is 2.20. The first kappa shape index (κ1) is 16.9. The first-order valence-electron chi connectivity index (χ1n) is 9.45. The molecule has 0 spiro atoms. The van der Waals surface area contributed by atoms with E-state index in [4.69, 9.17) is 0 Å². The predicted octanol–water partition coefficient (Wildman–Crippen LogP) is 2.10. The molecule has 8 nitrogen and oxygen atoms in total. The number of nitrogens with zero attached hydrogens (tertiary/aromatic N) is 5. The number of fused-ring (bicyclic) bond motifs is 2. The molecule has 8 heteroatoms. The SMILES string of the molecule is CN1CCC(NC(=O)c2ccc3c(-c4ccc5ncnn5c4)c[nH]c3n2)CC1. The van der Waals surface area contributed by atoms with Gasteiger partial charge in [-0.2, -0.15) is 5.10 Å². The largest absolute Gasteiger partial charge is 0.348 e. The molecule has 0 bridgehead atoms. The van der Waals surface area contributed by atoms with E-state index in [1.165, 1.54) is 6.33 Å². The highest BCUT2D eigenvalue weighted by molar-refractivity contribution is 5.98. The van der Waals surface area contributed by atoms with Crippen LogP contribution in [-0.2, 0) is 0 Å². The van der Waals surface area contributed by atoms with Crippen LogP contribution in [0.5, 0.6) is 0 Å². The van der Waals surface area contributed by atoms with Gasteiger partial charge in [0, 0.05) is 34.9 Å². The van der Waals surface area contributed by atoms with Crippen LogP contribution in [0.4, 0.5) is 0 Å². The minimum absolute atomic E-state index is 0.114. The van der Waals surface area contributed by atoms with E-state index in [2.05, 4.69) is 37.3 Å². The van der Waals surface area contributed by atoms with Crippen LogP contribution < -0.4 is 5.32 Å². The lowest BCUT2D eigenvalue weighted by Crippen LogP contribution is -2.43. The number of pyridine rings is 2. The van der Waals surface area contributed by atoms with Crippen LogP contribution in [0, 0.1) is 0 Å². The smallest absolute Gasteiger partial charge is 0.270 e.